The molecular formula is C23H16F8N4O2S. The van der Waals surface area contributed by atoms with Crippen molar-refractivity contribution < 1.29 is 44.3 Å². The van der Waals surface area contributed by atoms with Crippen molar-refractivity contribution in [1.82, 2.24) is 9.97 Å². The number of carbonyl (C=O) groups excluding carboxylic acids is 1. The molecule has 0 aliphatic heterocycles. The number of aromatic nitrogens is 2. The fourth-order valence-electron chi connectivity index (χ4n) is 3.13. The van der Waals surface area contributed by atoms with Crippen LogP contribution in [-0.2, 0) is 16.7 Å². The Kier molecular flexibility index (Phi) is 8.49. The molecule has 0 bridgehead atoms. The number of nitrogens with two attached hydrogens (primary N) is 1. The lowest BCUT2D eigenvalue weighted by atomic mass is 10.0. The summed E-state index contributed by atoms with van der Waals surface area (Å²) in [4.78, 5) is 16.6. The predicted octanol–water partition coefficient (Wildman–Crippen LogP) is 6.83. The summed E-state index contributed by atoms with van der Waals surface area (Å²) in [5, 5.41) is 2.89. The van der Waals surface area contributed by atoms with Gasteiger partial charge in [-0.05, 0) is 48.2 Å². The third kappa shape index (κ3) is 6.90. The van der Waals surface area contributed by atoms with Crippen molar-refractivity contribution in [3.8, 4) is 11.1 Å². The Morgan fingerprint density at radius 3 is 2.29 bits per heavy atom. The van der Waals surface area contributed by atoms with E-state index >= 15 is 0 Å². The molecule has 1 amide bonds. The highest BCUT2D eigenvalue weighted by molar-refractivity contribution is 7.97. The first-order valence-electron chi connectivity index (χ1n) is 10.2. The number of thioether (sulfide) groups is 1. The van der Waals surface area contributed by atoms with Crippen LogP contribution in [0.5, 0.6) is 0 Å². The summed E-state index contributed by atoms with van der Waals surface area (Å²) in [6.45, 7) is 0. The number of fused-ring (bicyclic) bond motifs is 1. The monoisotopic (exact) mass is 564 g/mol. The van der Waals surface area contributed by atoms with E-state index in [0.29, 0.717) is 11.3 Å². The van der Waals surface area contributed by atoms with Gasteiger partial charge in [-0.3, -0.25) is 4.79 Å². The second-order valence-corrected chi connectivity index (χ2v) is 8.34. The molecule has 202 valence electrons. The van der Waals surface area contributed by atoms with E-state index in [2.05, 4.69) is 21.0 Å². The lowest BCUT2D eigenvalue weighted by molar-refractivity contribution is -0.169. The van der Waals surface area contributed by atoms with Crippen molar-refractivity contribution in [1.29, 1.82) is 0 Å². The van der Waals surface area contributed by atoms with E-state index in [1.54, 1.807) is 6.26 Å². The molecule has 0 saturated carbocycles. The minimum atomic E-state index is -4.86. The minimum absolute atomic E-state index is 0.0498. The van der Waals surface area contributed by atoms with Crippen LogP contribution in [0.1, 0.15) is 11.3 Å². The van der Waals surface area contributed by atoms with E-state index in [0.717, 1.165) is 12.3 Å². The Morgan fingerprint density at radius 1 is 1.00 bits per heavy atom. The standard InChI is InChI=1S/C21H14F5N3OS.C2H2F3NO/c1-31-10-11-6-17(21(24,25)26)28-19(7-11)29-18-8-14(16(23)9-27-18)12-2-3-15(22)13-4-5-30-20(12)13;3-2(4,5)1(6)7/h2-9H,10H2,1H3,(H,27,28,29);(H2,6,7). The lowest BCUT2D eigenvalue weighted by Crippen LogP contribution is -2.30. The van der Waals surface area contributed by atoms with Crippen molar-refractivity contribution in [3.63, 3.8) is 0 Å². The minimum Gasteiger partial charge on any atom is -0.464 e. The van der Waals surface area contributed by atoms with Gasteiger partial charge in [0.2, 0.25) is 0 Å². The predicted molar refractivity (Wildman–Crippen MR) is 124 cm³/mol. The number of alkyl halides is 6. The number of carbonyl (C=O) groups is 1. The van der Waals surface area contributed by atoms with Crippen LogP contribution in [0.2, 0.25) is 0 Å². The number of hydrogen-bond acceptors (Lipinski definition) is 6. The molecule has 4 rings (SSSR count). The molecule has 0 radical (unpaired) electrons. The summed E-state index contributed by atoms with van der Waals surface area (Å²) in [6.07, 6.45) is -5.50. The Labute approximate surface area is 213 Å². The van der Waals surface area contributed by atoms with Crippen molar-refractivity contribution in [2.24, 2.45) is 5.73 Å². The number of benzene rings is 1. The van der Waals surface area contributed by atoms with Gasteiger partial charge in [-0.15, -0.1) is 0 Å². The maximum atomic E-state index is 14.5. The zero-order valence-electron chi connectivity index (χ0n) is 19.0. The fraction of sp³-hybridized carbons (Fsp3) is 0.174. The van der Waals surface area contributed by atoms with Crippen LogP contribution in [0.3, 0.4) is 0 Å². The molecule has 3 heterocycles. The molecule has 3 N–H and O–H groups in total. The summed E-state index contributed by atoms with van der Waals surface area (Å²) < 4.78 is 106. The van der Waals surface area contributed by atoms with Crippen LogP contribution in [0.15, 0.2) is 53.3 Å². The molecule has 0 aliphatic carbocycles. The van der Waals surface area contributed by atoms with E-state index in [1.807, 2.05) is 0 Å². The summed E-state index contributed by atoms with van der Waals surface area (Å²) in [7, 11) is 0. The van der Waals surface area contributed by atoms with Crippen molar-refractivity contribution in [3.05, 3.63) is 71.8 Å². The van der Waals surface area contributed by atoms with Gasteiger partial charge in [-0.1, -0.05) is 0 Å². The quantitative estimate of drug-likeness (QED) is 0.258. The van der Waals surface area contributed by atoms with Gasteiger partial charge in [-0.25, -0.2) is 18.7 Å². The van der Waals surface area contributed by atoms with E-state index < -0.39 is 35.6 Å². The first-order chi connectivity index (χ1) is 17.7. The largest absolute Gasteiger partial charge is 0.470 e. The molecular weight excluding hydrogens is 548 g/mol. The summed E-state index contributed by atoms with van der Waals surface area (Å²) >= 11 is 1.36. The van der Waals surface area contributed by atoms with Crippen LogP contribution >= 0.6 is 11.8 Å². The van der Waals surface area contributed by atoms with Crippen molar-refractivity contribution >= 4 is 40.3 Å². The second-order valence-electron chi connectivity index (χ2n) is 7.47. The number of nitrogens with one attached hydrogen (secondary N) is 1. The third-order valence-electron chi connectivity index (χ3n) is 4.73. The van der Waals surface area contributed by atoms with Crippen molar-refractivity contribution in [2.75, 3.05) is 11.6 Å². The smallest absolute Gasteiger partial charge is 0.464 e. The molecule has 0 spiro atoms. The van der Waals surface area contributed by atoms with Crippen LogP contribution in [0.4, 0.5) is 46.8 Å². The molecule has 6 nitrogen and oxygen atoms in total. The van der Waals surface area contributed by atoms with Crippen molar-refractivity contribution in [2.45, 2.75) is 18.1 Å². The summed E-state index contributed by atoms with van der Waals surface area (Å²) in [6, 6.07) is 7.73. The zero-order valence-corrected chi connectivity index (χ0v) is 19.9. The highest BCUT2D eigenvalue weighted by atomic mass is 32.2. The number of halogens is 8. The van der Waals surface area contributed by atoms with Crippen LogP contribution in [-0.4, -0.2) is 28.3 Å². The van der Waals surface area contributed by atoms with Crippen LogP contribution < -0.4 is 11.1 Å². The first-order valence-corrected chi connectivity index (χ1v) is 11.6. The van der Waals surface area contributed by atoms with E-state index in [-0.39, 0.29) is 33.7 Å². The van der Waals surface area contributed by atoms with Gasteiger partial charge in [0, 0.05) is 16.9 Å². The van der Waals surface area contributed by atoms with Crippen LogP contribution in [0.25, 0.3) is 22.1 Å². The molecule has 38 heavy (non-hydrogen) atoms. The van der Waals surface area contributed by atoms with E-state index in [1.165, 1.54) is 48.4 Å². The van der Waals surface area contributed by atoms with Gasteiger partial charge >= 0.3 is 18.3 Å². The Balaban J connectivity index is 0.000000505. The zero-order chi connectivity index (χ0) is 28.3. The highest BCUT2D eigenvalue weighted by Crippen LogP contribution is 2.35. The molecule has 0 unspecified atom stereocenters. The number of hydrogen-bond donors (Lipinski definition) is 2. The Bertz CT molecular complexity index is 1450. The molecule has 3 aromatic heterocycles. The van der Waals surface area contributed by atoms with Crippen LogP contribution in [0, 0.1) is 11.6 Å². The molecule has 1 aromatic carbocycles. The van der Waals surface area contributed by atoms with Gasteiger partial charge < -0.3 is 15.5 Å². The number of rotatable bonds is 5. The molecule has 4 aromatic rings. The van der Waals surface area contributed by atoms with Gasteiger partial charge in [-0.2, -0.15) is 38.1 Å². The number of nitrogens with zero attached hydrogens (tertiary/aromatic N) is 2. The van der Waals surface area contributed by atoms with Gasteiger partial charge in [0.25, 0.3) is 0 Å². The molecule has 15 heteroatoms. The topological polar surface area (TPSA) is 94.0 Å². The summed E-state index contributed by atoms with van der Waals surface area (Å²) in [5.41, 5.74) is 3.67. The maximum absolute atomic E-state index is 14.5. The first kappa shape index (κ1) is 28.7. The number of primary amides is 1. The molecule has 0 aliphatic rings. The van der Waals surface area contributed by atoms with Gasteiger partial charge in [0.05, 0.1) is 17.8 Å². The number of anilines is 2. The SMILES string of the molecule is CSCc1cc(Nc2cc(-c3ccc(F)c4ccoc34)c(F)cn2)nc(C(F)(F)F)c1.NC(=O)C(F)(F)F. The third-order valence-corrected chi connectivity index (χ3v) is 5.35. The second kappa shape index (κ2) is 11.2. The average Bonchev–Trinajstić information content (AvgIpc) is 3.31. The molecule has 0 atom stereocenters. The highest BCUT2D eigenvalue weighted by Gasteiger charge is 2.35. The number of pyridine rings is 2. The normalized spacial score (nSPS) is 11.7. The summed E-state index contributed by atoms with van der Waals surface area (Å²) in [5.74, 6) is -3.13. The fourth-order valence-corrected chi connectivity index (χ4v) is 3.63. The lowest BCUT2D eigenvalue weighted by Gasteiger charge is -2.13. The molecule has 0 saturated heterocycles. The van der Waals surface area contributed by atoms with E-state index in [4.69, 9.17) is 9.21 Å². The molecule has 0 fully saturated rings. The number of amides is 1. The number of furan rings is 1. The average molecular weight is 564 g/mol. The van der Waals surface area contributed by atoms with Gasteiger partial charge in [0.1, 0.15) is 34.5 Å². The maximum Gasteiger partial charge on any atom is 0.470 e. The Morgan fingerprint density at radius 2 is 1.68 bits per heavy atom. The Hall–Kier alpha value is -3.88. The van der Waals surface area contributed by atoms with Gasteiger partial charge in [0.15, 0.2) is 0 Å². The van der Waals surface area contributed by atoms with E-state index in [9.17, 15) is 35.1 Å².